The van der Waals surface area contributed by atoms with Crippen LogP contribution in [0.3, 0.4) is 0 Å². The van der Waals surface area contributed by atoms with Gasteiger partial charge in [-0.3, -0.25) is 4.57 Å². The number of aryl methyl sites for hydroxylation is 1. The van der Waals surface area contributed by atoms with Crippen LogP contribution in [0.15, 0.2) is 6.33 Å². The molecule has 1 aliphatic carbocycles. The van der Waals surface area contributed by atoms with Crippen LogP contribution in [0.4, 0.5) is 11.8 Å². The van der Waals surface area contributed by atoms with Crippen molar-refractivity contribution in [1.29, 1.82) is 0 Å². The molecule has 1 saturated carbocycles. The second kappa shape index (κ2) is 5.87. The van der Waals surface area contributed by atoms with E-state index in [0.717, 1.165) is 36.0 Å². The highest BCUT2D eigenvalue weighted by Crippen LogP contribution is 2.27. The first kappa shape index (κ1) is 14.1. The molecule has 2 heterocycles. The average molecular weight is 288 g/mol. The zero-order chi connectivity index (χ0) is 14.8. The van der Waals surface area contributed by atoms with Crippen molar-refractivity contribution in [1.82, 2.24) is 19.5 Å². The summed E-state index contributed by atoms with van der Waals surface area (Å²) in [6.45, 7) is 6.16. The summed E-state index contributed by atoms with van der Waals surface area (Å²) >= 11 is 0. The van der Waals surface area contributed by atoms with Gasteiger partial charge in [-0.05, 0) is 26.7 Å². The molecule has 2 aromatic heterocycles. The maximum atomic E-state index is 4.80. The SMILES string of the molecule is CCN(CC)c1nc2c(NC3CCCC3)ncnc2n1C. The standard InChI is InChI=1S/C15H24N6/c1-4-21(5-2)15-19-12-13(18-11-8-6-7-9-11)16-10-17-14(12)20(15)3/h10-11H,4-9H2,1-3H3,(H,16,17,18). The first-order chi connectivity index (χ1) is 10.2. The van der Waals surface area contributed by atoms with Crippen molar-refractivity contribution in [3.63, 3.8) is 0 Å². The Morgan fingerprint density at radius 2 is 1.95 bits per heavy atom. The van der Waals surface area contributed by atoms with Crippen LogP contribution in [0.25, 0.3) is 11.2 Å². The molecule has 0 spiro atoms. The number of nitrogens with one attached hydrogen (secondary N) is 1. The maximum absolute atomic E-state index is 4.80. The molecule has 0 aromatic carbocycles. The summed E-state index contributed by atoms with van der Waals surface area (Å²) < 4.78 is 2.06. The van der Waals surface area contributed by atoms with Gasteiger partial charge in [0, 0.05) is 26.2 Å². The first-order valence-corrected chi connectivity index (χ1v) is 7.93. The lowest BCUT2D eigenvalue weighted by Crippen LogP contribution is -2.24. The molecule has 0 bridgehead atoms. The lowest BCUT2D eigenvalue weighted by atomic mass is 10.2. The molecule has 6 heteroatoms. The second-order valence-corrected chi connectivity index (χ2v) is 5.66. The third kappa shape index (κ3) is 2.54. The lowest BCUT2D eigenvalue weighted by Gasteiger charge is -2.19. The molecule has 1 aliphatic rings. The highest BCUT2D eigenvalue weighted by molar-refractivity contribution is 5.85. The molecular weight excluding hydrogens is 264 g/mol. The van der Waals surface area contributed by atoms with Crippen molar-refractivity contribution in [2.24, 2.45) is 7.05 Å². The van der Waals surface area contributed by atoms with Gasteiger partial charge < -0.3 is 10.2 Å². The Bertz CT molecular complexity index is 610. The molecule has 0 atom stereocenters. The minimum absolute atomic E-state index is 0.530. The van der Waals surface area contributed by atoms with Crippen LogP contribution >= 0.6 is 0 Å². The van der Waals surface area contributed by atoms with Crippen molar-refractivity contribution in [3.05, 3.63) is 6.33 Å². The van der Waals surface area contributed by atoms with E-state index in [-0.39, 0.29) is 0 Å². The molecule has 21 heavy (non-hydrogen) atoms. The van der Waals surface area contributed by atoms with Gasteiger partial charge in [0.15, 0.2) is 17.0 Å². The Hall–Kier alpha value is -1.85. The van der Waals surface area contributed by atoms with Gasteiger partial charge in [0.2, 0.25) is 5.95 Å². The van der Waals surface area contributed by atoms with E-state index in [1.54, 1.807) is 6.33 Å². The zero-order valence-corrected chi connectivity index (χ0v) is 13.1. The molecule has 2 aromatic rings. The van der Waals surface area contributed by atoms with E-state index in [2.05, 4.69) is 38.6 Å². The number of hydrogen-bond acceptors (Lipinski definition) is 5. The van der Waals surface area contributed by atoms with Crippen LogP contribution in [0, 0.1) is 0 Å². The second-order valence-electron chi connectivity index (χ2n) is 5.66. The van der Waals surface area contributed by atoms with E-state index in [9.17, 15) is 0 Å². The Morgan fingerprint density at radius 3 is 2.62 bits per heavy atom. The highest BCUT2D eigenvalue weighted by Gasteiger charge is 2.20. The number of rotatable bonds is 5. The van der Waals surface area contributed by atoms with E-state index >= 15 is 0 Å². The predicted molar refractivity (Wildman–Crippen MR) is 85.7 cm³/mol. The van der Waals surface area contributed by atoms with E-state index in [0.29, 0.717) is 6.04 Å². The van der Waals surface area contributed by atoms with Crippen LogP contribution in [0.5, 0.6) is 0 Å². The normalized spacial score (nSPS) is 15.8. The van der Waals surface area contributed by atoms with Crippen molar-refractivity contribution in [3.8, 4) is 0 Å². The number of fused-ring (bicyclic) bond motifs is 1. The van der Waals surface area contributed by atoms with Gasteiger partial charge in [-0.2, -0.15) is 0 Å². The largest absolute Gasteiger partial charge is 0.365 e. The third-order valence-electron chi connectivity index (χ3n) is 4.37. The number of hydrogen-bond donors (Lipinski definition) is 1. The van der Waals surface area contributed by atoms with Gasteiger partial charge in [-0.15, -0.1) is 0 Å². The predicted octanol–water partition coefficient (Wildman–Crippen LogP) is 2.56. The van der Waals surface area contributed by atoms with Gasteiger partial charge in [0.05, 0.1) is 0 Å². The van der Waals surface area contributed by atoms with Crippen LogP contribution in [0.1, 0.15) is 39.5 Å². The van der Waals surface area contributed by atoms with Gasteiger partial charge in [-0.25, -0.2) is 15.0 Å². The fourth-order valence-electron chi connectivity index (χ4n) is 3.15. The van der Waals surface area contributed by atoms with Crippen LogP contribution in [-0.4, -0.2) is 38.7 Å². The number of anilines is 2. The topological polar surface area (TPSA) is 58.9 Å². The molecule has 3 rings (SSSR count). The number of imidazole rings is 1. The summed E-state index contributed by atoms with van der Waals surface area (Å²) in [5.74, 6) is 1.84. The smallest absolute Gasteiger partial charge is 0.207 e. The minimum Gasteiger partial charge on any atom is -0.365 e. The highest BCUT2D eigenvalue weighted by atomic mass is 15.3. The van der Waals surface area contributed by atoms with Gasteiger partial charge in [-0.1, -0.05) is 12.8 Å². The molecule has 0 saturated heterocycles. The molecule has 6 nitrogen and oxygen atoms in total. The van der Waals surface area contributed by atoms with E-state index in [1.807, 2.05) is 7.05 Å². The van der Waals surface area contributed by atoms with Gasteiger partial charge >= 0.3 is 0 Å². The molecule has 1 N–H and O–H groups in total. The Kier molecular flexibility index (Phi) is 3.94. The molecular formula is C15H24N6. The Morgan fingerprint density at radius 1 is 1.24 bits per heavy atom. The maximum Gasteiger partial charge on any atom is 0.207 e. The fraction of sp³-hybridized carbons (Fsp3) is 0.667. The summed E-state index contributed by atoms with van der Waals surface area (Å²) in [5, 5.41) is 3.55. The fourth-order valence-corrected chi connectivity index (χ4v) is 3.15. The van der Waals surface area contributed by atoms with E-state index in [4.69, 9.17) is 4.98 Å². The summed E-state index contributed by atoms with van der Waals surface area (Å²) in [6.07, 6.45) is 6.69. The number of nitrogens with zero attached hydrogens (tertiary/aromatic N) is 5. The van der Waals surface area contributed by atoms with Crippen LogP contribution in [-0.2, 0) is 7.05 Å². The van der Waals surface area contributed by atoms with Crippen molar-refractivity contribution in [2.45, 2.75) is 45.6 Å². The summed E-state index contributed by atoms with van der Waals surface area (Å²) in [7, 11) is 2.02. The van der Waals surface area contributed by atoms with Crippen LogP contribution < -0.4 is 10.2 Å². The van der Waals surface area contributed by atoms with Crippen molar-refractivity contribution < 1.29 is 0 Å². The zero-order valence-electron chi connectivity index (χ0n) is 13.1. The molecule has 114 valence electrons. The molecule has 0 unspecified atom stereocenters. The summed E-state index contributed by atoms with van der Waals surface area (Å²) in [4.78, 5) is 15.9. The lowest BCUT2D eigenvalue weighted by molar-refractivity contribution is 0.751. The van der Waals surface area contributed by atoms with Gasteiger partial charge in [0.1, 0.15) is 6.33 Å². The van der Waals surface area contributed by atoms with E-state index < -0.39 is 0 Å². The van der Waals surface area contributed by atoms with Gasteiger partial charge in [0.25, 0.3) is 0 Å². The quantitative estimate of drug-likeness (QED) is 0.916. The minimum atomic E-state index is 0.530. The Labute approximate surface area is 125 Å². The Balaban J connectivity index is 2.00. The summed E-state index contributed by atoms with van der Waals surface area (Å²) in [5.41, 5.74) is 1.78. The third-order valence-corrected chi connectivity index (χ3v) is 4.37. The van der Waals surface area contributed by atoms with Crippen molar-refractivity contribution in [2.75, 3.05) is 23.3 Å². The first-order valence-electron chi connectivity index (χ1n) is 7.93. The monoisotopic (exact) mass is 288 g/mol. The molecule has 1 fully saturated rings. The molecule has 0 aliphatic heterocycles. The number of aromatic nitrogens is 4. The molecule has 0 amide bonds. The average Bonchev–Trinajstić information content (AvgIpc) is 3.11. The summed E-state index contributed by atoms with van der Waals surface area (Å²) in [6, 6.07) is 0.530. The van der Waals surface area contributed by atoms with E-state index in [1.165, 1.54) is 25.7 Å². The van der Waals surface area contributed by atoms with Crippen LogP contribution in [0.2, 0.25) is 0 Å². The van der Waals surface area contributed by atoms with Crippen molar-refractivity contribution >= 4 is 22.9 Å². The molecule has 0 radical (unpaired) electrons.